The average molecular weight is 211 g/mol. The third-order valence-electron chi connectivity index (χ3n) is 2.08. The highest BCUT2D eigenvalue weighted by Crippen LogP contribution is 2.09. The second-order valence-electron chi connectivity index (χ2n) is 3.41. The zero-order valence-corrected chi connectivity index (χ0v) is 9.31. The second kappa shape index (κ2) is 5.78. The van der Waals surface area contributed by atoms with Gasteiger partial charge in [0.2, 0.25) is 0 Å². The number of amidine groups is 1. The number of likely N-dealkylation sites (N-methyl/N-ethyl adjacent to an activating group) is 1. The van der Waals surface area contributed by atoms with Crippen LogP contribution in [0.2, 0.25) is 0 Å². The SMILES string of the molecule is CN(CCC(=N)N)CCc1cccs1. The van der Waals surface area contributed by atoms with Gasteiger partial charge in [0, 0.05) is 24.4 Å². The second-order valence-corrected chi connectivity index (χ2v) is 4.44. The molecular weight excluding hydrogens is 194 g/mol. The molecule has 0 saturated heterocycles. The first-order valence-electron chi connectivity index (χ1n) is 4.72. The van der Waals surface area contributed by atoms with Gasteiger partial charge in [-0.05, 0) is 24.9 Å². The van der Waals surface area contributed by atoms with Crippen LogP contribution in [0, 0.1) is 5.41 Å². The van der Waals surface area contributed by atoms with E-state index in [1.165, 1.54) is 4.88 Å². The first kappa shape index (κ1) is 11.2. The molecule has 1 rings (SSSR count). The van der Waals surface area contributed by atoms with E-state index in [2.05, 4.69) is 29.5 Å². The summed E-state index contributed by atoms with van der Waals surface area (Å²) in [6.07, 6.45) is 1.76. The van der Waals surface area contributed by atoms with Crippen LogP contribution < -0.4 is 5.73 Å². The van der Waals surface area contributed by atoms with Gasteiger partial charge in [0.05, 0.1) is 5.84 Å². The molecule has 0 aliphatic carbocycles. The molecule has 1 aromatic rings. The van der Waals surface area contributed by atoms with Gasteiger partial charge in [-0.15, -0.1) is 11.3 Å². The maximum Gasteiger partial charge on any atom is 0.0918 e. The van der Waals surface area contributed by atoms with Crippen LogP contribution in [-0.2, 0) is 6.42 Å². The normalized spacial score (nSPS) is 10.7. The van der Waals surface area contributed by atoms with Crippen molar-refractivity contribution in [2.24, 2.45) is 5.73 Å². The summed E-state index contributed by atoms with van der Waals surface area (Å²) < 4.78 is 0. The number of rotatable bonds is 6. The van der Waals surface area contributed by atoms with E-state index in [0.717, 1.165) is 19.5 Å². The van der Waals surface area contributed by atoms with Crippen LogP contribution in [0.3, 0.4) is 0 Å². The van der Waals surface area contributed by atoms with Gasteiger partial charge in [0.15, 0.2) is 0 Å². The van der Waals surface area contributed by atoms with Crippen LogP contribution in [0.4, 0.5) is 0 Å². The van der Waals surface area contributed by atoms with E-state index in [-0.39, 0.29) is 5.84 Å². The van der Waals surface area contributed by atoms with Crippen molar-refractivity contribution in [1.82, 2.24) is 4.90 Å². The number of nitrogens with zero attached hydrogens (tertiary/aromatic N) is 1. The van der Waals surface area contributed by atoms with Crippen LogP contribution in [0.1, 0.15) is 11.3 Å². The van der Waals surface area contributed by atoms with Crippen LogP contribution in [0.25, 0.3) is 0 Å². The molecule has 0 aromatic carbocycles. The third-order valence-corrected chi connectivity index (χ3v) is 3.02. The van der Waals surface area contributed by atoms with Crippen molar-refractivity contribution in [3.8, 4) is 0 Å². The Labute approximate surface area is 89.0 Å². The Kier molecular flexibility index (Phi) is 4.62. The highest BCUT2D eigenvalue weighted by atomic mass is 32.1. The van der Waals surface area contributed by atoms with Crippen molar-refractivity contribution in [2.75, 3.05) is 20.1 Å². The molecule has 3 N–H and O–H groups in total. The molecule has 78 valence electrons. The van der Waals surface area contributed by atoms with Crippen molar-refractivity contribution in [3.05, 3.63) is 22.4 Å². The van der Waals surface area contributed by atoms with E-state index in [0.29, 0.717) is 6.42 Å². The van der Waals surface area contributed by atoms with Gasteiger partial charge in [0.1, 0.15) is 0 Å². The summed E-state index contributed by atoms with van der Waals surface area (Å²) >= 11 is 1.80. The molecular formula is C10H17N3S. The van der Waals surface area contributed by atoms with Crippen molar-refractivity contribution in [3.63, 3.8) is 0 Å². The Balaban J connectivity index is 2.15. The lowest BCUT2D eigenvalue weighted by Crippen LogP contribution is -2.26. The molecule has 0 radical (unpaired) electrons. The summed E-state index contributed by atoms with van der Waals surface area (Å²) in [6.45, 7) is 1.91. The first-order chi connectivity index (χ1) is 6.68. The van der Waals surface area contributed by atoms with Crippen LogP contribution in [0.15, 0.2) is 17.5 Å². The Morgan fingerprint density at radius 2 is 2.36 bits per heavy atom. The maximum absolute atomic E-state index is 7.11. The lowest BCUT2D eigenvalue weighted by Gasteiger charge is -2.15. The van der Waals surface area contributed by atoms with Crippen LogP contribution in [0.5, 0.6) is 0 Å². The zero-order valence-electron chi connectivity index (χ0n) is 8.49. The van der Waals surface area contributed by atoms with Gasteiger partial charge in [-0.1, -0.05) is 6.07 Å². The fourth-order valence-corrected chi connectivity index (χ4v) is 1.88. The number of hydrogen-bond acceptors (Lipinski definition) is 3. The minimum Gasteiger partial charge on any atom is -0.388 e. The van der Waals surface area contributed by atoms with Crippen molar-refractivity contribution < 1.29 is 0 Å². The number of nitrogens with two attached hydrogens (primary N) is 1. The fraction of sp³-hybridized carbons (Fsp3) is 0.500. The molecule has 14 heavy (non-hydrogen) atoms. The monoisotopic (exact) mass is 211 g/mol. The lowest BCUT2D eigenvalue weighted by atomic mass is 10.3. The number of hydrogen-bond donors (Lipinski definition) is 2. The van der Waals surface area contributed by atoms with Gasteiger partial charge in [-0.2, -0.15) is 0 Å². The van der Waals surface area contributed by atoms with E-state index in [9.17, 15) is 0 Å². The predicted octanol–water partition coefficient (Wildman–Crippen LogP) is 1.55. The fourth-order valence-electron chi connectivity index (χ4n) is 1.18. The molecule has 0 spiro atoms. The predicted molar refractivity (Wildman–Crippen MR) is 62.1 cm³/mol. The van der Waals surface area contributed by atoms with Gasteiger partial charge in [-0.25, -0.2) is 0 Å². The van der Waals surface area contributed by atoms with E-state index in [1.807, 2.05) is 0 Å². The summed E-state index contributed by atoms with van der Waals surface area (Å²) in [5, 5.41) is 9.21. The van der Waals surface area contributed by atoms with Crippen molar-refractivity contribution in [2.45, 2.75) is 12.8 Å². The molecule has 0 aliphatic heterocycles. The summed E-state index contributed by atoms with van der Waals surface area (Å²) in [7, 11) is 2.07. The van der Waals surface area contributed by atoms with Crippen LogP contribution in [-0.4, -0.2) is 30.9 Å². The molecule has 1 heterocycles. The number of nitrogens with one attached hydrogen (secondary N) is 1. The van der Waals surface area contributed by atoms with E-state index in [4.69, 9.17) is 11.1 Å². The number of thiophene rings is 1. The highest BCUT2D eigenvalue weighted by molar-refractivity contribution is 7.09. The zero-order chi connectivity index (χ0) is 10.4. The van der Waals surface area contributed by atoms with E-state index >= 15 is 0 Å². The maximum atomic E-state index is 7.11. The molecule has 0 bridgehead atoms. The average Bonchev–Trinajstić information content (AvgIpc) is 2.63. The molecule has 3 nitrogen and oxygen atoms in total. The topological polar surface area (TPSA) is 53.1 Å². The van der Waals surface area contributed by atoms with E-state index < -0.39 is 0 Å². The molecule has 4 heteroatoms. The molecule has 0 amide bonds. The van der Waals surface area contributed by atoms with Crippen molar-refractivity contribution in [1.29, 1.82) is 5.41 Å². The summed E-state index contributed by atoms with van der Waals surface area (Å²) in [5.74, 6) is 0.271. The summed E-state index contributed by atoms with van der Waals surface area (Å²) in [4.78, 5) is 3.63. The largest absolute Gasteiger partial charge is 0.388 e. The van der Waals surface area contributed by atoms with Gasteiger partial charge < -0.3 is 10.6 Å². The quantitative estimate of drug-likeness (QED) is 0.554. The van der Waals surface area contributed by atoms with E-state index in [1.54, 1.807) is 11.3 Å². The minimum atomic E-state index is 0.271. The molecule has 0 saturated carbocycles. The minimum absolute atomic E-state index is 0.271. The Morgan fingerprint density at radius 3 is 2.93 bits per heavy atom. The Morgan fingerprint density at radius 1 is 1.57 bits per heavy atom. The standard InChI is InChI=1S/C10H17N3S/c1-13(7-5-10(11)12)6-4-9-3-2-8-14-9/h2-3,8H,4-7H2,1H3,(H3,11,12). The highest BCUT2D eigenvalue weighted by Gasteiger charge is 2.00. The van der Waals surface area contributed by atoms with Gasteiger partial charge in [0.25, 0.3) is 0 Å². The van der Waals surface area contributed by atoms with Gasteiger partial charge in [-0.3, -0.25) is 5.41 Å². The Bertz CT molecular complexity index is 269. The lowest BCUT2D eigenvalue weighted by molar-refractivity contribution is 0.349. The van der Waals surface area contributed by atoms with Crippen LogP contribution >= 0.6 is 11.3 Å². The molecule has 0 unspecified atom stereocenters. The summed E-state index contributed by atoms with van der Waals surface area (Å²) in [5.41, 5.74) is 5.29. The molecule has 0 fully saturated rings. The van der Waals surface area contributed by atoms with Gasteiger partial charge >= 0.3 is 0 Å². The molecule has 0 atom stereocenters. The molecule has 1 aromatic heterocycles. The first-order valence-corrected chi connectivity index (χ1v) is 5.60. The Hall–Kier alpha value is -0.870. The molecule has 0 aliphatic rings. The smallest absolute Gasteiger partial charge is 0.0918 e. The third kappa shape index (κ3) is 4.39. The summed E-state index contributed by atoms with van der Waals surface area (Å²) in [6, 6.07) is 4.24. The van der Waals surface area contributed by atoms with Crippen molar-refractivity contribution >= 4 is 17.2 Å².